The van der Waals surface area contributed by atoms with Crippen LogP contribution in [-0.2, 0) is 4.79 Å². The van der Waals surface area contributed by atoms with Gasteiger partial charge in [-0.15, -0.1) is 5.10 Å². The zero-order valence-electron chi connectivity index (χ0n) is 12.3. The van der Waals surface area contributed by atoms with Crippen LogP contribution in [0.4, 0.5) is 11.4 Å². The Labute approximate surface area is 141 Å². The number of thioether (sulfide) groups is 1. The largest absolute Gasteiger partial charge is 0.299 e. The Bertz CT molecular complexity index is 832. The van der Waals surface area contributed by atoms with Gasteiger partial charge in [0.05, 0.1) is 15.5 Å². The minimum Gasteiger partial charge on any atom is -0.299 e. The van der Waals surface area contributed by atoms with Crippen LogP contribution in [-0.4, -0.2) is 16.0 Å². The van der Waals surface area contributed by atoms with Gasteiger partial charge in [0.25, 0.3) is 11.6 Å². The molecule has 3 rings (SSSR count). The summed E-state index contributed by atoms with van der Waals surface area (Å²) in [5.41, 5.74) is 4.28. The van der Waals surface area contributed by atoms with Crippen LogP contribution in [0.2, 0.25) is 0 Å². The lowest BCUT2D eigenvalue weighted by Gasteiger charge is -2.00. The lowest BCUT2D eigenvalue weighted by Crippen LogP contribution is -2.20. The highest BCUT2D eigenvalue weighted by Gasteiger charge is 2.23. The highest BCUT2D eigenvalue weighted by molar-refractivity contribution is 8.18. The Balaban J connectivity index is 1.68. The number of carbonyl (C=O) groups is 1. The Kier molecular flexibility index (Phi) is 4.57. The third-order valence-corrected chi connectivity index (χ3v) is 4.02. The molecule has 0 aromatic heterocycles. The van der Waals surface area contributed by atoms with Crippen molar-refractivity contribution in [1.29, 1.82) is 0 Å². The van der Waals surface area contributed by atoms with E-state index in [0.717, 1.165) is 5.56 Å². The lowest BCUT2D eigenvalue weighted by atomic mass is 10.2. The van der Waals surface area contributed by atoms with Crippen molar-refractivity contribution < 1.29 is 9.72 Å². The van der Waals surface area contributed by atoms with Gasteiger partial charge >= 0.3 is 0 Å². The quantitative estimate of drug-likeness (QED) is 0.506. The van der Waals surface area contributed by atoms with E-state index < -0.39 is 4.92 Å². The van der Waals surface area contributed by atoms with Crippen LogP contribution in [0.3, 0.4) is 0 Å². The minimum atomic E-state index is -0.469. The number of carbonyl (C=O) groups excluding carboxylic acids is 1. The van der Waals surface area contributed by atoms with Gasteiger partial charge in [0.2, 0.25) is 0 Å². The highest BCUT2D eigenvalue weighted by atomic mass is 32.2. The Hall–Kier alpha value is -3.13. The molecule has 24 heavy (non-hydrogen) atoms. The summed E-state index contributed by atoms with van der Waals surface area (Å²) in [4.78, 5) is 22.6. The summed E-state index contributed by atoms with van der Waals surface area (Å²) in [5, 5.41) is 17.8. The van der Waals surface area contributed by atoms with Gasteiger partial charge in [-0.05, 0) is 35.5 Å². The van der Waals surface area contributed by atoms with Gasteiger partial charge in [-0.3, -0.25) is 25.7 Å². The van der Waals surface area contributed by atoms with Gasteiger partial charge in [-0.1, -0.05) is 30.3 Å². The topological polar surface area (TPSA) is 96.6 Å². The van der Waals surface area contributed by atoms with Crippen LogP contribution in [0.1, 0.15) is 5.56 Å². The standard InChI is InChI=1S/C16H12N4O3S/c21-15-14(10-11-4-2-1-3-5-11)24-16(17-15)19-18-12-6-8-13(9-7-12)20(22)23/h1-10,18H,(H,17,19,21)/b14-10+. The van der Waals surface area contributed by atoms with Crippen molar-refractivity contribution in [3.63, 3.8) is 0 Å². The molecular weight excluding hydrogens is 328 g/mol. The average Bonchev–Trinajstić information content (AvgIpc) is 2.94. The van der Waals surface area contributed by atoms with E-state index in [9.17, 15) is 14.9 Å². The van der Waals surface area contributed by atoms with E-state index in [1.54, 1.807) is 18.2 Å². The number of hydrogen-bond acceptors (Lipinski definition) is 6. The minimum absolute atomic E-state index is 0.00447. The second-order valence-electron chi connectivity index (χ2n) is 4.81. The molecule has 1 fully saturated rings. The maximum absolute atomic E-state index is 11.9. The number of nitrogens with zero attached hydrogens (tertiary/aromatic N) is 2. The highest BCUT2D eigenvalue weighted by Crippen LogP contribution is 2.26. The van der Waals surface area contributed by atoms with E-state index in [1.165, 1.54) is 23.9 Å². The molecule has 8 heteroatoms. The molecule has 1 heterocycles. The third-order valence-electron chi connectivity index (χ3n) is 3.11. The summed E-state index contributed by atoms with van der Waals surface area (Å²) in [7, 11) is 0. The van der Waals surface area contributed by atoms with Crippen molar-refractivity contribution in [3.05, 3.63) is 75.2 Å². The molecule has 0 atom stereocenters. The molecule has 2 aromatic rings. The first-order valence-corrected chi connectivity index (χ1v) is 7.77. The van der Waals surface area contributed by atoms with Gasteiger partial charge < -0.3 is 0 Å². The summed E-state index contributed by atoms with van der Waals surface area (Å²) in [5.74, 6) is -0.215. The smallest absolute Gasteiger partial charge is 0.269 e. The van der Waals surface area contributed by atoms with Crippen molar-refractivity contribution in [2.24, 2.45) is 5.10 Å². The number of amides is 1. The van der Waals surface area contributed by atoms with E-state index in [1.807, 2.05) is 30.3 Å². The first-order chi connectivity index (χ1) is 11.6. The number of nitrogens with one attached hydrogen (secondary N) is 2. The van der Waals surface area contributed by atoms with Crippen LogP contribution >= 0.6 is 11.8 Å². The molecule has 1 saturated heterocycles. The predicted molar refractivity (Wildman–Crippen MR) is 94.3 cm³/mol. The second kappa shape index (κ2) is 6.97. The van der Waals surface area contributed by atoms with Gasteiger partial charge in [0, 0.05) is 12.1 Å². The Morgan fingerprint density at radius 3 is 2.50 bits per heavy atom. The number of nitro benzene ring substituents is 1. The maximum atomic E-state index is 11.9. The number of anilines is 1. The molecule has 0 aliphatic carbocycles. The number of benzene rings is 2. The average molecular weight is 340 g/mol. The molecule has 1 amide bonds. The molecule has 0 spiro atoms. The molecule has 1 aliphatic rings. The van der Waals surface area contributed by atoms with Crippen molar-refractivity contribution in [2.45, 2.75) is 0 Å². The van der Waals surface area contributed by atoms with Crippen LogP contribution < -0.4 is 10.7 Å². The molecule has 7 nitrogen and oxygen atoms in total. The van der Waals surface area contributed by atoms with E-state index in [0.29, 0.717) is 15.8 Å². The van der Waals surface area contributed by atoms with Crippen molar-refractivity contribution in [1.82, 2.24) is 5.32 Å². The first-order valence-electron chi connectivity index (χ1n) is 6.96. The van der Waals surface area contributed by atoms with Gasteiger partial charge in [-0.25, -0.2) is 0 Å². The van der Waals surface area contributed by atoms with Crippen molar-refractivity contribution >= 4 is 40.3 Å². The van der Waals surface area contributed by atoms with Crippen LogP contribution in [0.25, 0.3) is 6.08 Å². The molecule has 2 N–H and O–H groups in total. The Morgan fingerprint density at radius 1 is 1.12 bits per heavy atom. The van der Waals surface area contributed by atoms with Gasteiger partial charge in [0.1, 0.15) is 0 Å². The number of non-ortho nitro benzene ring substituents is 1. The van der Waals surface area contributed by atoms with E-state index in [4.69, 9.17) is 0 Å². The number of hydrogen-bond donors (Lipinski definition) is 2. The molecular formula is C16H12N4O3S. The third kappa shape index (κ3) is 3.79. The number of hydrazone groups is 1. The summed E-state index contributed by atoms with van der Waals surface area (Å²) in [6.45, 7) is 0. The normalized spacial score (nSPS) is 17.1. The van der Waals surface area contributed by atoms with Crippen LogP contribution in [0.15, 0.2) is 64.6 Å². The van der Waals surface area contributed by atoms with E-state index >= 15 is 0 Å². The fraction of sp³-hybridized carbons (Fsp3) is 0. The molecule has 120 valence electrons. The summed E-state index contributed by atoms with van der Waals surface area (Å²) in [6.07, 6.45) is 1.79. The second-order valence-corrected chi connectivity index (χ2v) is 5.84. The van der Waals surface area contributed by atoms with Gasteiger partial charge in [0.15, 0.2) is 5.17 Å². The van der Waals surface area contributed by atoms with Crippen molar-refractivity contribution in [3.8, 4) is 0 Å². The monoisotopic (exact) mass is 340 g/mol. The first kappa shape index (κ1) is 15.8. The zero-order chi connectivity index (χ0) is 16.9. The number of nitro groups is 1. The fourth-order valence-electron chi connectivity index (χ4n) is 1.95. The predicted octanol–water partition coefficient (Wildman–Crippen LogP) is 3.18. The van der Waals surface area contributed by atoms with Crippen LogP contribution in [0.5, 0.6) is 0 Å². The molecule has 0 saturated carbocycles. The van der Waals surface area contributed by atoms with Crippen molar-refractivity contribution in [2.75, 3.05) is 5.43 Å². The lowest BCUT2D eigenvalue weighted by molar-refractivity contribution is -0.384. The van der Waals surface area contributed by atoms with Gasteiger partial charge in [-0.2, -0.15) is 0 Å². The molecule has 0 unspecified atom stereocenters. The fourth-order valence-corrected chi connectivity index (χ4v) is 2.74. The summed E-state index contributed by atoms with van der Waals surface area (Å²) in [6, 6.07) is 15.4. The van der Waals surface area contributed by atoms with Crippen LogP contribution in [0, 0.1) is 10.1 Å². The Morgan fingerprint density at radius 2 is 1.83 bits per heavy atom. The molecule has 1 aliphatic heterocycles. The summed E-state index contributed by atoms with van der Waals surface area (Å²) < 4.78 is 0. The summed E-state index contributed by atoms with van der Waals surface area (Å²) >= 11 is 1.22. The maximum Gasteiger partial charge on any atom is 0.269 e. The number of rotatable bonds is 4. The number of amidine groups is 1. The van der Waals surface area contributed by atoms with E-state index in [-0.39, 0.29) is 11.6 Å². The van der Waals surface area contributed by atoms with E-state index in [2.05, 4.69) is 15.8 Å². The molecule has 0 bridgehead atoms. The molecule has 0 radical (unpaired) electrons. The SMILES string of the molecule is O=C1N/C(=N/Nc2ccc([N+](=O)[O-])cc2)S/C1=C/c1ccccc1. The molecule has 2 aromatic carbocycles. The zero-order valence-corrected chi connectivity index (χ0v) is 13.1.